The molecule has 0 saturated carbocycles. The molecule has 4 amide bonds. The van der Waals surface area contributed by atoms with Crippen LogP contribution in [0.1, 0.15) is 43.2 Å². The molecule has 10 N–H and O–H groups in total. The normalized spacial score (nSPS) is 18.7. The zero-order valence-corrected chi connectivity index (χ0v) is 29.1. The number of phenolic OH excluding ortho intramolecular Hbond substituents is 2. The first-order valence-electron chi connectivity index (χ1n) is 17.0. The second-order valence-electron chi connectivity index (χ2n) is 12.4. The molecule has 1 aliphatic rings. The van der Waals surface area contributed by atoms with Gasteiger partial charge in [-0.25, -0.2) is 0 Å². The third-order valence-electron chi connectivity index (χ3n) is 8.76. The summed E-state index contributed by atoms with van der Waals surface area (Å²) in [7, 11) is 7.05. The lowest BCUT2D eigenvalue weighted by atomic mass is 9.95. The molecule has 4 atom stereocenters. The van der Waals surface area contributed by atoms with E-state index in [0.29, 0.717) is 69.4 Å². The van der Waals surface area contributed by atoms with E-state index in [2.05, 4.69) is 42.5 Å². The average Bonchev–Trinajstić information content (AvgIpc) is 3.09. The SMILES string of the molecule is CNCCC[C@@H]1NC(=O)[C@@H](NC)Cc2cc(ccc2O)-c2ccc(O)c(c2)C[C@@H](C(=O)NCCC[C@@H](CC(=O)NCCNC)NC)NC1=O. The number of benzene rings is 2. The summed E-state index contributed by atoms with van der Waals surface area (Å²) < 4.78 is 0. The monoisotopic (exact) mass is 682 g/mol. The van der Waals surface area contributed by atoms with E-state index in [9.17, 15) is 29.4 Å². The first-order valence-corrected chi connectivity index (χ1v) is 17.0. The molecule has 49 heavy (non-hydrogen) atoms. The van der Waals surface area contributed by atoms with Gasteiger partial charge in [-0.05, 0) is 107 Å². The first-order chi connectivity index (χ1) is 23.6. The molecule has 2 aromatic carbocycles. The fourth-order valence-electron chi connectivity index (χ4n) is 5.78. The summed E-state index contributed by atoms with van der Waals surface area (Å²) in [5, 5.41) is 45.2. The molecule has 1 aliphatic heterocycles. The van der Waals surface area contributed by atoms with E-state index in [0.717, 1.165) is 11.1 Å². The number of aromatic hydroxyl groups is 2. The number of phenols is 2. The van der Waals surface area contributed by atoms with Gasteiger partial charge in [-0.3, -0.25) is 19.2 Å². The highest BCUT2D eigenvalue weighted by Gasteiger charge is 2.30. The van der Waals surface area contributed by atoms with Crippen LogP contribution in [0.2, 0.25) is 0 Å². The number of amides is 4. The number of carbonyl (C=O) groups is 4. The van der Waals surface area contributed by atoms with Crippen molar-refractivity contribution in [1.82, 2.24) is 42.5 Å². The minimum atomic E-state index is -1.06. The summed E-state index contributed by atoms with van der Waals surface area (Å²) in [5.41, 5.74) is 2.48. The maximum Gasteiger partial charge on any atom is 0.243 e. The smallest absolute Gasteiger partial charge is 0.243 e. The van der Waals surface area contributed by atoms with E-state index in [4.69, 9.17) is 0 Å². The second kappa shape index (κ2) is 20.3. The predicted molar refractivity (Wildman–Crippen MR) is 189 cm³/mol. The Labute approximate surface area is 289 Å². The quantitative estimate of drug-likeness (QED) is 0.104. The fraction of sp³-hybridized carbons (Fsp3) is 0.543. The molecule has 270 valence electrons. The van der Waals surface area contributed by atoms with Crippen molar-refractivity contribution < 1.29 is 29.4 Å². The van der Waals surface area contributed by atoms with Crippen LogP contribution in [0.4, 0.5) is 0 Å². The van der Waals surface area contributed by atoms with Crippen molar-refractivity contribution in [2.75, 3.05) is 54.4 Å². The van der Waals surface area contributed by atoms with Crippen LogP contribution >= 0.6 is 0 Å². The van der Waals surface area contributed by atoms with Crippen LogP contribution in [0, 0.1) is 0 Å². The number of carbonyl (C=O) groups excluding carboxylic acids is 4. The van der Waals surface area contributed by atoms with Gasteiger partial charge in [0.05, 0.1) is 6.04 Å². The van der Waals surface area contributed by atoms with Crippen LogP contribution in [0.25, 0.3) is 11.1 Å². The molecular weight excluding hydrogens is 628 g/mol. The lowest BCUT2D eigenvalue weighted by Crippen LogP contribution is -2.57. The highest BCUT2D eigenvalue weighted by molar-refractivity contribution is 5.93. The minimum Gasteiger partial charge on any atom is -0.508 e. The molecular formula is C35H54N8O6. The Morgan fingerprint density at radius 2 is 1.45 bits per heavy atom. The zero-order valence-electron chi connectivity index (χ0n) is 29.1. The van der Waals surface area contributed by atoms with E-state index in [1.807, 2.05) is 7.05 Å². The van der Waals surface area contributed by atoms with Crippen LogP contribution in [0.5, 0.6) is 11.5 Å². The summed E-state index contributed by atoms with van der Waals surface area (Å²) in [6.45, 7) is 2.14. The van der Waals surface area contributed by atoms with Crippen molar-refractivity contribution >= 4 is 23.6 Å². The highest BCUT2D eigenvalue weighted by atomic mass is 16.3. The molecule has 4 bridgehead atoms. The summed E-state index contributed by atoms with van der Waals surface area (Å²) in [4.78, 5) is 53.2. The maximum absolute atomic E-state index is 13.8. The van der Waals surface area contributed by atoms with E-state index >= 15 is 0 Å². The molecule has 2 aromatic rings. The van der Waals surface area contributed by atoms with Crippen molar-refractivity contribution in [2.24, 2.45) is 0 Å². The molecule has 0 fully saturated rings. The third kappa shape index (κ3) is 12.3. The Balaban J connectivity index is 1.86. The Morgan fingerprint density at radius 3 is 2.06 bits per heavy atom. The second-order valence-corrected chi connectivity index (χ2v) is 12.4. The van der Waals surface area contributed by atoms with Crippen LogP contribution in [0.15, 0.2) is 36.4 Å². The molecule has 0 unspecified atom stereocenters. The number of hydrogen-bond acceptors (Lipinski definition) is 10. The first kappa shape index (κ1) is 39.2. The van der Waals surface area contributed by atoms with Crippen LogP contribution in [-0.2, 0) is 32.0 Å². The molecule has 1 heterocycles. The van der Waals surface area contributed by atoms with Crippen molar-refractivity contribution in [1.29, 1.82) is 0 Å². The van der Waals surface area contributed by atoms with Crippen molar-refractivity contribution in [3.8, 4) is 22.6 Å². The third-order valence-corrected chi connectivity index (χ3v) is 8.76. The molecule has 0 aliphatic carbocycles. The molecule has 14 heteroatoms. The Kier molecular flexibility index (Phi) is 16.3. The topological polar surface area (TPSA) is 205 Å². The molecule has 0 spiro atoms. The van der Waals surface area contributed by atoms with Gasteiger partial charge >= 0.3 is 0 Å². The van der Waals surface area contributed by atoms with E-state index < -0.39 is 35.8 Å². The van der Waals surface area contributed by atoms with Gasteiger partial charge in [0.15, 0.2) is 0 Å². The van der Waals surface area contributed by atoms with E-state index in [1.165, 1.54) is 0 Å². The van der Waals surface area contributed by atoms with Gasteiger partial charge in [-0.1, -0.05) is 12.1 Å². The highest BCUT2D eigenvalue weighted by Crippen LogP contribution is 2.31. The Bertz CT molecular complexity index is 1410. The van der Waals surface area contributed by atoms with Gasteiger partial charge in [0, 0.05) is 44.9 Å². The van der Waals surface area contributed by atoms with Gasteiger partial charge in [-0.15, -0.1) is 0 Å². The van der Waals surface area contributed by atoms with Gasteiger partial charge in [0.25, 0.3) is 0 Å². The predicted octanol–water partition coefficient (Wildman–Crippen LogP) is -0.369. The van der Waals surface area contributed by atoms with Gasteiger partial charge in [0.1, 0.15) is 23.6 Å². The number of fused-ring (bicyclic) bond motifs is 5. The Morgan fingerprint density at radius 1 is 0.796 bits per heavy atom. The van der Waals surface area contributed by atoms with Gasteiger partial charge in [0.2, 0.25) is 23.6 Å². The molecule has 14 nitrogen and oxygen atoms in total. The summed E-state index contributed by atoms with van der Waals surface area (Å²) in [6, 6.07) is 7.33. The van der Waals surface area contributed by atoms with Crippen molar-refractivity contribution in [3.05, 3.63) is 47.5 Å². The lowest BCUT2D eigenvalue weighted by molar-refractivity contribution is -0.132. The van der Waals surface area contributed by atoms with E-state index in [-0.39, 0.29) is 36.3 Å². The number of hydrogen-bond donors (Lipinski definition) is 10. The van der Waals surface area contributed by atoms with Crippen molar-refractivity contribution in [3.63, 3.8) is 0 Å². The minimum absolute atomic E-state index is 0.00949. The fourth-order valence-corrected chi connectivity index (χ4v) is 5.78. The van der Waals surface area contributed by atoms with Gasteiger partial charge in [-0.2, -0.15) is 0 Å². The number of likely N-dealkylation sites (N-methyl/N-ethyl adjacent to an activating group) is 2. The molecule has 0 saturated heterocycles. The molecule has 0 aromatic heterocycles. The van der Waals surface area contributed by atoms with Crippen LogP contribution in [0.3, 0.4) is 0 Å². The average molecular weight is 683 g/mol. The van der Waals surface area contributed by atoms with E-state index in [1.54, 1.807) is 57.5 Å². The largest absolute Gasteiger partial charge is 0.508 e. The summed E-state index contributed by atoms with van der Waals surface area (Å²) >= 11 is 0. The number of rotatable bonds is 16. The maximum atomic E-state index is 13.8. The Hall–Kier alpha value is -4.24. The zero-order chi connectivity index (χ0) is 35.8. The van der Waals surface area contributed by atoms with Crippen LogP contribution in [-0.4, -0.2) is 112 Å². The summed E-state index contributed by atoms with van der Waals surface area (Å²) in [5.74, 6) is -1.42. The van der Waals surface area contributed by atoms with Gasteiger partial charge < -0.3 is 52.7 Å². The van der Waals surface area contributed by atoms with Crippen LogP contribution < -0.4 is 42.5 Å². The lowest BCUT2D eigenvalue weighted by Gasteiger charge is -2.25. The molecule has 0 radical (unpaired) electrons. The standard InChI is InChI=1S/C35H54N8O6/c1-36-13-6-8-27-34(48)43-29(33(47)41-14-5-7-26(38-3)21-32(46)40-16-15-37-2)20-25-18-23(10-12-31(25)45)22-9-11-30(44)24(17-22)19-28(39-4)35(49)42-27/h9-12,17-18,26-29,36-39,44-45H,5-8,13-16,19-21H2,1-4H3,(H,40,46)(H,41,47)(H,42,49)(H,43,48)/t26-,27-,28-,29-/m0/s1. The summed E-state index contributed by atoms with van der Waals surface area (Å²) in [6.07, 6.45) is 2.58. The molecule has 3 rings (SSSR count). The van der Waals surface area contributed by atoms with Crippen molar-refractivity contribution in [2.45, 2.75) is 69.1 Å². The number of nitrogens with one attached hydrogen (secondary N) is 8.